The molecule has 1 aliphatic rings. The highest BCUT2D eigenvalue weighted by atomic mass is 32.1. The summed E-state index contributed by atoms with van der Waals surface area (Å²) >= 11 is 1.12. The molecule has 0 unspecified atom stereocenters. The van der Waals surface area contributed by atoms with E-state index in [1.807, 2.05) is 24.7 Å². The van der Waals surface area contributed by atoms with Crippen LogP contribution in [-0.4, -0.2) is 48.1 Å². The molecule has 37 heavy (non-hydrogen) atoms. The number of aromatic amines is 2. The van der Waals surface area contributed by atoms with Gasteiger partial charge in [0.1, 0.15) is 5.69 Å². The zero-order valence-electron chi connectivity index (χ0n) is 20.0. The summed E-state index contributed by atoms with van der Waals surface area (Å²) in [6.07, 6.45) is 13.1. The van der Waals surface area contributed by atoms with E-state index >= 15 is 0 Å². The zero-order chi connectivity index (χ0) is 24.8. The van der Waals surface area contributed by atoms with Crippen molar-refractivity contribution in [2.75, 3.05) is 13.1 Å². The van der Waals surface area contributed by atoms with E-state index in [9.17, 15) is 4.39 Å². The van der Waals surface area contributed by atoms with Crippen molar-refractivity contribution in [3.8, 4) is 33.0 Å². The smallest absolute Gasteiger partial charge is 0.176 e. The Kier molecular flexibility index (Phi) is 5.52. The number of nitrogens with zero attached hydrogens (tertiary/aromatic N) is 5. The van der Waals surface area contributed by atoms with Gasteiger partial charge in [-0.05, 0) is 61.8 Å². The average molecular weight is 510 g/mol. The van der Waals surface area contributed by atoms with Crippen LogP contribution in [0.1, 0.15) is 24.8 Å². The molecule has 0 atom stereocenters. The van der Waals surface area contributed by atoms with Gasteiger partial charge in [-0.1, -0.05) is 6.42 Å². The summed E-state index contributed by atoms with van der Waals surface area (Å²) in [5.74, 6) is 0. The first kappa shape index (κ1) is 22.3. The molecule has 0 amide bonds. The lowest BCUT2D eigenvalue weighted by molar-refractivity contribution is 0.220. The lowest BCUT2D eigenvalue weighted by Crippen LogP contribution is -2.29. The Morgan fingerprint density at radius 1 is 0.892 bits per heavy atom. The fraction of sp³-hybridized carbons (Fsp3) is 0.214. The standard InChI is InChI=1S/C28H24FN7S/c29-26-5-4-25(37-26)22-14-31-15-24-20(22)10-23(33-24)27-21-9-19(13-32-28(21)35-34-27)18-8-17(11-30-12-18)16-36-6-2-1-3-7-36/h4-5,8-15,33H,1-3,6-7,16H2,(H,32,34,35). The van der Waals surface area contributed by atoms with Gasteiger partial charge >= 0.3 is 0 Å². The Bertz CT molecular complexity index is 1730. The number of likely N-dealkylation sites (tertiary alicyclic amines) is 1. The van der Waals surface area contributed by atoms with Gasteiger partial charge in [0.2, 0.25) is 0 Å². The minimum Gasteiger partial charge on any atom is -0.352 e. The van der Waals surface area contributed by atoms with Crippen molar-refractivity contribution in [1.29, 1.82) is 0 Å². The topological polar surface area (TPSA) is 86.4 Å². The normalized spacial score (nSPS) is 14.6. The summed E-state index contributed by atoms with van der Waals surface area (Å²) in [7, 11) is 0. The molecule has 0 saturated carbocycles. The van der Waals surface area contributed by atoms with Crippen LogP contribution in [0.4, 0.5) is 4.39 Å². The second kappa shape index (κ2) is 9.17. The third-order valence-electron chi connectivity index (χ3n) is 7.04. The van der Waals surface area contributed by atoms with E-state index in [4.69, 9.17) is 0 Å². The summed E-state index contributed by atoms with van der Waals surface area (Å²) in [5.41, 5.74) is 7.36. The molecule has 9 heteroatoms. The third kappa shape index (κ3) is 4.20. The van der Waals surface area contributed by atoms with Gasteiger partial charge in [0, 0.05) is 63.7 Å². The molecule has 1 aliphatic heterocycles. The van der Waals surface area contributed by atoms with E-state index in [0.717, 1.165) is 80.2 Å². The highest BCUT2D eigenvalue weighted by Crippen LogP contribution is 2.36. The zero-order valence-corrected chi connectivity index (χ0v) is 20.9. The molecule has 0 bridgehead atoms. The van der Waals surface area contributed by atoms with E-state index in [1.165, 1.54) is 30.9 Å². The largest absolute Gasteiger partial charge is 0.352 e. The number of aromatic nitrogens is 6. The Hall–Kier alpha value is -3.95. The number of H-pyrrole nitrogens is 2. The first-order valence-electron chi connectivity index (χ1n) is 12.4. The van der Waals surface area contributed by atoms with Gasteiger partial charge in [0.25, 0.3) is 0 Å². The van der Waals surface area contributed by atoms with Gasteiger partial charge in [-0.2, -0.15) is 9.49 Å². The van der Waals surface area contributed by atoms with Crippen LogP contribution in [0, 0.1) is 5.13 Å². The third-order valence-corrected chi connectivity index (χ3v) is 7.95. The second-order valence-corrected chi connectivity index (χ2v) is 10.6. The molecular formula is C28H24FN7S. The lowest BCUT2D eigenvalue weighted by atomic mass is 10.0. The van der Waals surface area contributed by atoms with Crippen LogP contribution in [0.25, 0.3) is 54.9 Å². The molecule has 1 saturated heterocycles. The van der Waals surface area contributed by atoms with Crippen molar-refractivity contribution in [3.05, 3.63) is 72.0 Å². The maximum absolute atomic E-state index is 13.7. The maximum Gasteiger partial charge on any atom is 0.176 e. The van der Waals surface area contributed by atoms with Crippen LogP contribution in [0.2, 0.25) is 0 Å². The van der Waals surface area contributed by atoms with Crippen LogP contribution in [0.5, 0.6) is 0 Å². The minimum atomic E-state index is -0.214. The molecule has 184 valence electrons. The molecule has 0 aliphatic carbocycles. The van der Waals surface area contributed by atoms with E-state index in [1.54, 1.807) is 18.5 Å². The second-order valence-electron chi connectivity index (χ2n) is 9.55. The molecule has 0 spiro atoms. The predicted octanol–water partition coefficient (Wildman–Crippen LogP) is 6.42. The SMILES string of the molecule is Fc1ccc(-c2cncc3[nH]c(-c4n[nH]c5ncc(-c6cncc(CN7CCCCC7)c6)cc45)cc23)s1. The van der Waals surface area contributed by atoms with Crippen molar-refractivity contribution < 1.29 is 4.39 Å². The lowest BCUT2D eigenvalue weighted by Gasteiger charge is -2.26. The van der Waals surface area contributed by atoms with E-state index < -0.39 is 0 Å². The molecule has 6 aromatic heterocycles. The number of rotatable bonds is 5. The molecule has 6 aromatic rings. The van der Waals surface area contributed by atoms with Crippen molar-refractivity contribution in [3.63, 3.8) is 0 Å². The first-order valence-corrected chi connectivity index (χ1v) is 13.3. The summed E-state index contributed by atoms with van der Waals surface area (Å²) in [6, 6.07) is 9.65. The molecule has 2 N–H and O–H groups in total. The summed E-state index contributed by atoms with van der Waals surface area (Å²) < 4.78 is 13.7. The number of hydrogen-bond acceptors (Lipinski definition) is 6. The first-order chi connectivity index (χ1) is 18.2. The quantitative estimate of drug-likeness (QED) is 0.280. The van der Waals surface area contributed by atoms with Gasteiger partial charge in [0.15, 0.2) is 10.8 Å². The van der Waals surface area contributed by atoms with Crippen LogP contribution in [0.15, 0.2) is 61.3 Å². The van der Waals surface area contributed by atoms with Crippen molar-refractivity contribution in [1.82, 2.24) is 35.0 Å². The van der Waals surface area contributed by atoms with E-state index in [0.29, 0.717) is 5.65 Å². The Morgan fingerprint density at radius 3 is 2.62 bits per heavy atom. The molecule has 1 fully saturated rings. The molecular weight excluding hydrogens is 485 g/mol. The van der Waals surface area contributed by atoms with Crippen LogP contribution >= 0.6 is 11.3 Å². The Balaban J connectivity index is 1.26. The number of thiophene rings is 1. The van der Waals surface area contributed by atoms with Gasteiger partial charge in [-0.25, -0.2) is 4.98 Å². The highest BCUT2D eigenvalue weighted by Gasteiger charge is 2.17. The van der Waals surface area contributed by atoms with Gasteiger partial charge in [-0.3, -0.25) is 20.0 Å². The monoisotopic (exact) mass is 509 g/mol. The van der Waals surface area contributed by atoms with Crippen molar-refractivity contribution >= 4 is 33.3 Å². The van der Waals surface area contributed by atoms with Crippen molar-refractivity contribution in [2.45, 2.75) is 25.8 Å². The van der Waals surface area contributed by atoms with Crippen LogP contribution in [-0.2, 0) is 6.54 Å². The van der Waals surface area contributed by atoms with Gasteiger partial charge in [0.05, 0.1) is 17.4 Å². The summed E-state index contributed by atoms with van der Waals surface area (Å²) in [6.45, 7) is 3.23. The number of halogens is 1. The molecule has 7 rings (SSSR count). The van der Waals surface area contributed by atoms with E-state index in [-0.39, 0.29) is 5.13 Å². The average Bonchev–Trinajstić information content (AvgIpc) is 3.66. The minimum absolute atomic E-state index is 0.214. The fourth-order valence-corrected chi connectivity index (χ4v) is 5.96. The predicted molar refractivity (Wildman–Crippen MR) is 145 cm³/mol. The van der Waals surface area contributed by atoms with E-state index in [2.05, 4.69) is 47.2 Å². The maximum atomic E-state index is 13.7. The molecule has 0 aromatic carbocycles. The number of pyridine rings is 3. The Labute approximate surface area is 216 Å². The van der Waals surface area contributed by atoms with Crippen LogP contribution < -0.4 is 0 Å². The molecule has 7 heterocycles. The highest BCUT2D eigenvalue weighted by molar-refractivity contribution is 7.14. The van der Waals surface area contributed by atoms with Crippen molar-refractivity contribution in [2.24, 2.45) is 0 Å². The number of piperidine rings is 1. The summed E-state index contributed by atoms with van der Waals surface area (Å²) in [5, 5.41) is 9.32. The Morgan fingerprint density at radius 2 is 1.76 bits per heavy atom. The fourth-order valence-electron chi connectivity index (χ4n) is 5.21. The van der Waals surface area contributed by atoms with Gasteiger partial charge < -0.3 is 4.98 Å². The number of fused-ring (bicyclic) bond motifs is 2. The van der Waals surface area contributed by atoms with Gasteiger partial charge in [-0.15, -0.1) is 11.3 Å². The number of hydrogen-bond donors (Lipinski definition) is 2. The summed E-state index contributed by atoms with van der Waals surface area (Å²) in [4.78, 5) is 20.3. The molecule has 7 nitrogen and oxygen atoms in total. The molecule has 0 radical (unpaired) electrons. The van der Waals surface area contributed by atoms with Crippen LogP contribution in [0.3, 0.4) is 0 Å². The number of nitrogens with one attached hydrogen (secondary N) is 2.